The van der Waals surface area contributed by atoms with Crippen molar-refractivity contribution in [2.45, 2.75) is 32.7 Å². The van der Waals surface area contributed by atoms with E-state index < -0.39 is 0 Å². The molecule has 1 atom stereocenters. The first kappa shape index (κ1) is 12.0. The first-order chi connectivity index (χ1) is 8.11. The summed E-state index contributed by atoms with van der Waals surface area (Å²) in [5.74, 6) is 0.446. The Bertz CT molecular complexity index is 539. The lowest BCUT2D eigenvalue weighted by Gasteiger charge is -2.18. The second-order valence-corrected chi connectivity index (χ2v) is 4.89. The van der Waals surface area contributed by atoms with Crippen molar-refractivity contribution in [2.24, 2.45) is 0 Å². The van der Waals surface area contributed by atoms with Crippen molar-refractivity contribution in [3.8, 4) is 0 Å². The number of hydrogen-bond donors (Lipinski definition) is 1. The van der Waals surface area contributed by atoms with Gasteiger partial charge in [0.2, 0.25) is 0 Å². The molecule has 0 aromatic carbocycles. The topological polar surface area (TPSA) is 33.6 Å². The molecule has 90 valence electrons. The molecule has 4 heteroatoms. The molecule has 3 nitrogen and oxygen atoms in total. The number of aromatic amines is 1. The molecular weight excluding hydrogens is 230 g/mol. The van der Waals surface area contributed by atoms with Crippen LogP contribution >= 0.6 is 12.2 Å². The third kappa shape index (κ3) is 2.31. The number of aromatic nitrogens is 3. The van der Waals surface area contributed by atoms with Crippen molar-refractivity contribution in [2.75, 3.05) is 0 Å². The molecule has 0 aliphatic carbocycles. The maximum absolute atomic E-state index is 5.36. The minimum atomic E-state index is 0.208. The first-order valence-corrected chi connectivity index (χ1v) is 6.21. The van der Waals surface area contributed by atoms with Gasteiger partial charge < -0.3 is 9.55 Å². The van der Waals surface area contributed by atoms with Crippen LogP contribution in [0.4, 0.5) is 0 Å². The number of nitrogens with one attached hydrogen (secondary N) is 1. The summed E-state index contributed by atoms with van der Waals surface area (Å²) in [7, 11) is 0. The number of nitrogens with zero attached hydrogens (tertiary/aromatic N) is 2. The Balaban J connectivity index is 2.47. The number of imidazole rings is 1. The van der Waals surface area contributed by atoms with Crippen LogP contribution in [-0.2, 0) is 0 Å². The zero-order valence-corrected chi connectivity index (χ0v) is 11.2. The van der Waals surface area contributed by atoms with Gasteiger partial charge in [-0.2, -0.15) is 0 Å². The van der Waals surface area contributed by atoms with Gasteiger partial charge in [-0.3, -0.25) is 4.98 Å². The van der Waals surface area contributed by atoms with Gasteiger partial charge in [-0.25, -0.2) is 0 Å². The smallest absolute Gasteiger partial charge is 0.177 e. The van der Waals surface area contributed by atoms with E-state index in [1.54, 1.807) is 6.20 Å². The third-order valence-electron chi connectivity index (χ3n) is 2.99. The summed E-state index contributed by atoms with van der Waals surface area (Å²) in [6.45, 7) is 6.49. The van der Waals surface area contributed by atoms with Crippen LogP contribution in [0.25, 0.3) is 0 Å². The molecule has 2 heterocycles. The van der Waals surface area contributed by atoms with E-state index in [-0.39, 0.29) is 6.04 Å². The average molecular weight is 247 g/mol. The zero-order valence-electron chi connectivity index (χ0n) is 10.3. The molecule has 2 aromatic rings. The lowest BCUT2D eigenvalue weighted by Crippen LogP contribution is -2.11. The van der Waals surface area contributed by atoms with E-state index in [0.717, 1.165) is 4.77 Å². The molecule has 1 unspecified atom stereocenters. The molecule has 1 N–H and O–H groups in total. The second kappa shape index (κ2) is 4.84. The van der Waals surface area contributed by atoms with E-state index in [1.165, 1.54) is 11.3 Å². The monoisotopic (exact) mass is 247 g/mol. The van der Waals surface area contributed by atoms with E-state index in [4.69, 9.17) is 12.2 Å². The molecule has 0 radical (unpaired) electrons. The van der Waals surface area contributed by atoms with Gasteiger partial charge in [0.1, 0.15) is 0 Å². The average Bonchev–Trinajstić information content (AvgIpc) is 2.71. The normalized spacial score (nSPS) is 12.9. The Morgan fingerprint density at radius 2 is 2.12 bits per heavy atom. The Morgan fingerprint density at radius 1 is 1.35 bits per heavy atom. The minimum Gasteiger partial charge on any atom is -0.337 e. The van der Waals surface area contributed by atoms with E-state index in [1.807, 2.05) is 18.5 Å². The van der Waals surface area contributed by atoms with Gasteiger partial charge in [-0.05, 0) is 36.7 Å². The lowest BCUT2D eigenvalue weighted by atomic mass is 10.1. The van der Waals surface area contributed by atoms with Crippen LogP contribution in [0, 0.1) is 4.77 Å². The molecule has 0 saturated carbocycles. The summed E-state index contributed by atoms with van der Waals surface area (Å²) >= 11 is 5.36. The molecule has 0 bridgehead atoms. The Kier molecular flexibility index (Phi) is 3.43. The van der Waals surface area contributed by atoms with Gasteiger partial charge in [0.05, 0.1) is 6.04 Å². The SMILES string of the molecule is CC(C)c1c[nH]c(=S)n1C(C)c1cccnc1. The molecule has 0 amide bonds. The number of pyridine rings is 1. The molecule has 17 heavy (non-hydrogen) atoms. The molecule has 0 fully saturated rings. The summed E-state index contributed by atoms with van der Waals surface area (Å²) < 4.78 is 2.93. The second-order valence-electron chi connectivity index (χ2n) is 4.51. The van der Waals surface area contributed by atoms with Crippen LogP contribution in [0.15, 0.2) is 30.7 Å². The molecule has 2 aromatic heterocycles. The van der Waals surface area contributed by atoms with Crippen LogP contribution in [0.5, 0.6) is 0 Å². The maximum atomic E-state index is 5.36. The minimum absolute atomic E-state index is 0.208. The Hall–Kier alpha value is -1.42. The van der Waals surface area contributed by atoms with Gasteiger partial charge >= 0.3 is 0 Å². The third-order valence-corrected chi connectivity index (χ3v) is 3.30. The fourth-order valence-electron chi connectivity index (χ4n) is 2.01. The van der Waals surface area contributed by atoms with Gasteiger partial charge in [0.15, 0.2) is 4.77 Å². The molecule has 0 aliphatic rings. The summed E-state index contributed by atoms with van der Waals surface area (Å²) in [5.41, 5.74) is 2.40. The fourth-order valence-corrected chi connectivity index (χ4v) is 2.33. The molecule has 0 spiro atoms. The highest BCUT2D eigenvalue weighted by Gasteiger charge is 2.15. The van der Waals surface area contributed by atoms with Crippen molar-refractivity contribution in [1.82, 2.24) is 14.5 Å². The van der Waals surface area contributed by atoms with Crippen molar-refractivity contribution in [3.63, 3.8) is 0 Å². The molecule has 0 aliphatic heterocycles. The summed E-state index contributed by atoms with van der Waals surface area (Å²) in [6, 6.07) is 4.24. The Labute approximate surface area is 107 Å². The zero-order chi connectivity index (χ0) is 12.4. The number of hydrogen-bond acceptors (Lipinski definition) is 2. The predicted octanol–water partition coefficient (Wildman–Crippen LogP) is 3.67. The van der Waals surface area contributed by atoms with Crippen LogP contribution in [0.1, 0.15) is 44.0 Å². The summed E-state index contributed by atoms with van der Waals surface area (Å²) in [5, 5.41) is 0. The first-order valence-electron chi connectivity index (χ1n) is 5.81. The van der Waals surface area contributed by atoms with Crippen molar-refractivity contribution < 1.29 is 0 Å². The van der Waals surface area contributed by atoms with Crippen molar-refractivity contribution >= 4 is 12.2 Å². The quantitative estimate of drug-likeness (QED) is 0.839. The van der Waals surface area contributed by atoms with Crippen LogP contribution in [-0.4, -0.2) is 14.5 Å². The van der Waals surface area contributed by atoms with Crippen LogP contribution < -0.4 is 0 Å². The highest BCUT2D eigenvalue weighted by atomic mass is 32.1. The van der Waals surface area contributed by atoms with Gasteiger partial charge in [0.25, 0.3) is 0 Å². The highest BCUT2D eigenvalue weighted by molar-refractivity contribution is 7.71. The van der Waals surface area contributed by atoms with Gasteiger partial charge in [-0.15, -0.1) is 0 Å². The van der Waals surface area contributed by atoms with E-state index in [9.17, 15) is 0 Å². The van der Waals surface area contributed by atoms with E-state index in [0.29, 0.717) is 5.92 Å². The fraction of sp³-hybridized carbons (Fsp3) is 0.385. The highest BCUT2D eigenvalue weighted by Crippen LogP contribution is 2.23. The van der Waals surface area contributed by atoms with Gasteiger partial charge in [0, 0.05) is 24.3 Å². The Morgan fingerprint density at radius 3 is 2.71 bits per heavy atom. The lowest BCUT2D eigenvalue weighted by molar-refractivity contribution is 0.580. The van der Waals surface area contributed by atoms with Crippen LogP contribution in [0.3, 0.4) is 0 Å². The standard InChI is InChI=1S/C13H17N3S/c1-9(2)12-8-15-13(17)16(12)10(3)11-5-4-6-14-7-11/h4-10H,1-3H3,(H,15,17). The molecular formula is C13H17N3S. The van der Waals surface area contributed by atoms with Crippen LogP contribution in [0.2, 0.25) is 0 Å². The van der Waals surface area contributed by atoms with Crippen molar-refractivity contribution in [3.05, 3.63) is 46.8 Å². The number of rotatable bonds is 3. The summed E-state index contributed by atoms with van der Waals surface area (Å²) in [4.78, 5) is 7.29. The maximum Gasteiger partial charge on any atom is 0.177 e. The van der Waals surface area contributed by atoms with Crippen molar-refractivity contribution in [1.29, 1.82) is 0 Å². The predicted molar refractivity (Wildman–Crippen MR) is 71.8 cm³/mol. The molecule has 0 saturated heterocycles. The summed E-state index contributed by atoms with van der Waals surface area (Å²) in [6.07, 6.45) is 5.68. The van der Waals surface area contributed by atoms with E-state index in [2.05, 4.69) is 41.4 Å². The van der Waals surface area contributed by atoms with Gasteiger partial charge in [-0.1, -0.05) is 19.9 Å². The molecule has 2 rings (SSSR count). The van der Waals surface area contributed by atoms with E-state index >= 15 is 0 Å². The number of H-pyrrole nitrogens is 1. The largest absolute Gasteiger partial charge is 0.337 e.